The van der Waals surface area contributed by atoms with E-state index in [-0.39, 0.29) is 19.0 Å². The molecule has 3 heteroatoms. The molecule has 2 N–H and O–H groups in total. The van der Waals surface area contributed by atoms with Gasteiger partial charge in [-0.3, -0.25) is 4.79 Å². The molecule has 0 aliphatic heterocycles. The quantitative estimate of drug-likeness (QED) is 0.431. The Kier molecular flexibility index (Phi) is 10.9. The predicted octanol–water partition coefficient (Wildman–Crippen LogP) is 1.83. The van der Waals surface area contributed by atoms with Gasteiger partial charge in [0.1, 0.15) is 0 Å². The number of hydrogen-bond acceptors (Lipinski definition) is 3. The molecule has 0 saturated carbocycles. The topological polar surface area (TPSA) is 57.5 Å². The summed E-state index contributed by atoms with van der Waals surface area (Å²) in [6.07, 6.45) is 9.26. The summed E-state index contributed by atoms with van der Waals surface area (Å²) in [5, 5.41) is 17.1. The summed E-state index contributed by atoms with van der Waals surface area (Å²) in [7, 11) is 0. The SMILES string of the molecule is O=C(/C=C/CCCCO)CCCCCO. The Labute approximate surface area is 91.8 Å². The lowest BCUT2D eigenvalue weighted by Crippen LogP contribution is -1.93. The van der Waals surface area contributed by atoms with Crippen molar-refractivity contribution in [2.45, 2.75) is 44.9 Å². The van der Waals surface area contributed by atoms with Crippen LogP contribution in [0.5, 0.6) is 0 Å². The summed E-state index contributed by atoms with van der Waals surface area (Å²) >= 11 is 0. The van der Waals surface area contributed by atoms with E-state index in [4.69, 9.17) is 10.2 Å². The number of aliphatic hydroxyl groups excluding tert-OH is 2. The van der Waals surface area contributed by atoms with Crippen LogP contribution in [0.1, 0.15) is 44.9 Å². The smallest absolute Gasteiger partial charge is 0.155 e. The fourth-order valence-corrected chi connectivity index (χ4v) is 1.26. The normalized spacial score (nSPS) is 11.1. The van der Waals surface area contributed by atoms with Gasteiger partial charge in [0, 0.05) is 19.6 Å². The minimum atomic E-state index is 0.164. The lowest BCUT2D eigenvalue weighted by molar-refractivity contribution is -0.114. The van der Waals surface area contributed by atoms with Crippen molar-refractivity contribution < 1.29 is 15.0 Å². The second-order valence-electron chi connectivity index (χ2n) is 3.62. The predicted molar refractivity (Wildman–Crippen MR) is 60.6 cm³/mol. The van der Waals surface area contributed by atoms with Crippen LogP contribution in [-0.4, -0.2) is 29.2 Å². The highest BCUT2D eigenvalue weighted by molar-refractivity contribution is 5.89. The maximum atomic E-state index is 11.2. The Balaban J connectivity index is 3.31. The molecule has 0 spiro atoms. The molecule has 0 aromatic rings. The molecule has 0 amide bonds. The minimum Gasteiger partial charge on any atom is -0.396 e. The molecule has 0 aliphatic rings. The van der Waals surface area contributed by atoms with E-state index in [1.165, 1.54) is 0 Å². The van der Waals surface area contributed by atoms with Gasteiger partial charge in [0.25, 0.3) is 0 Å². The van der Waals surface area contributed by atoms with Gasteiger partial charge in [-0.1, -0.05) is 12.5 Å². The number of hydrogen-bond donors (Lipinski definition) is 2. The molecule has 0 saturated heterocycles. The first-order valence-corrected chi connectivity index (χ1v) is 5.72. The summed E-state index contributed by atoms with van der Waals surface area (Å²) in [5.41, 5.74) is 0. The summed E-state index contributed by atoms with van der Waals surface area (Å²) in [6.45, 7) is 0.439. The molecule has 0 aliphatic carbocycles. The van der Waals surface area contributed by atoms with Crippen LogP contribution in [0.15, 0.2) is 12.2 Å². The molecule has 0 radical (unpaired) electrons. The molecule has 0 heterocycles. The van der Waals surface area contributed by atoms with Crippen molar-refractivity contribution >= 4 is 5.78 Å². The van der Waals surface area contributed by atoms with Crippen LogP contribution in [0.2, 0.25) is 0 Å². The van der Waals surface area contributed by atoms with Gasteiger partial charge in [-0.2, -0.15) is 0 Å². The van der Waals surface area contributed by atoms with E-state index in [2.05, 4.69) is 0 Å². The molecule has 0 rings (SSSR count). The first-order chi connectivity index (χ1) is 7.31. The molecular formula is C12H22O3. The third-order valence-corrected chi connectivity index (χ3v) is 2.16. The highest BCUT2D eigenvalue weighted by Gasteiger charge is 1.95. The molecule has 0 aromatic carbocycles. The van der Waals surface area contributed by atoms with Crippen LogP contribution in [0.3, 0.4) is 0 Å². The molecule has 0 fully saturated rings. The van der Waals surface area contributed by atoms with E-state index in [0.717, 1.165) is 38.5 Å². The number of ketones is 1. The largest absolute Gasteiger partial charge is 0.396 e. The van der Waals surface area contributed by atoms with Gasteiger partial charge in [-0.15, -0.1) is 0 Å². The van der Waals surface area contributed by atoms with Gasteiger partial charge in [0.05, 0.1) is 0 Å². The highest BCUT2D eigenvalue weighted by Crippen LogP contribution is 2.02. The van der Waals surface area contributed by atoms with Gasteiger partial charge in [-0.05, 0) is 38.2 Å². The van der Waals surface area contributed by atoms with E-state index >= 15 is 0 Å². The molecule has 0 aromatic heterocycles. The fraction of sp³-hybridized carbons (Fsp3) is 0.750. The van der Waals surface area contributed by atoms with E-state index in [9.17, 15) is 4.79 Å². The number of aliphatic hydroxyl groups is 2. The lowest BCUT2D eigenvalue weighted by Gasteiger charge is -1.95. The van der Waals surface area contributed by atoms with Crippen molar-refractivity contribution in [2.24, 2.45) is 0 Å². The zero-order valence-corrected chi connectivity index (χ0v) is 9.32. The first kappa shape index (κ1) is 14.3. The molecule has 0 bridgehead atoms. The third-order valence-electron chi connectivity index (χ3n) is 2.16. The number of carbonyl (C=O) groups is 1. The highest BCUT2D eigenvalue weighted by atomic mass is 16.3. The summed E-state index contributed by atoms with van der Waals surface area (Å²) in [5.74, 6) is 0.164. The lowest BCUT2D eigenvalue weighted by atomic mass is 10.1. The van der Waals surface area contributed by atoms with Crippen LogP contribution in [0, 0.1) is 0 Å². The van der Waals surface area contributed by atoms with Crippen molar-refractivity contribution in [1.29, 1.82) is 0 Å². The van der Waals surface area contributed by atoms with Gasteiger partial charge < -0.3 is 10.2 Å². The number of rotatable bonds is 10. The second kappa shape index (κ2) is 11.4. The van der Waals surface area contributed by atoms with Crippen LogP contribution in [0.4, 0.5) is 0 Å². The van der Waals surface area contributed by atoms with Gasteiger partial charge in [0.2, 0.25) is 0 Å². The van der Waals surface area contributed by atoms with Crippen molar-refractivity contribution in [2.75, 3.05) is 13.2 Å². The third kappa shape index (κ3) is 11.3. The monoisotopic (exact) mass is 214 g/mol. The average molecular weight is 214 g/mol. The van der Waals surface area contributed by atoms with E-state index in [0.29, 0.717) is 6.42 Å². The Morgan fingerprint density at radius 3 is 2.27 bits per heavy atom. The summed E-state index contributed by atoms with van der Waals surface area (Å²) in [6, 6.07) is 0. The van der Waals surface area contributed by atoms with Crippen LogP contribution in [0.25, 0.3) is 0 Å². The Morgan fingerprint density at radius 2 is 1.60 bits per heavy atom. The zero-order valence-electron chi connectivity index (χ0n) is 9.32. The van der Waals surface area contributed by atoms with Crippen LogP contribution < -0.4 is 0 Å². The molecule has 0 unspecified atom stereocenters. The molecule has 3 nitrogen and oxygen atoms in total. The van der Waals surface area contributed by atoms with Crippen LogP contribution in [-0.2, 0) is 4.79 Å². The zero-order chi connectivity index (χ0) is 11.4. The maximum absolute atomic E-state index is 11.2. The molecule has 88 valence electrons. The van der Waals surface area contributed by atoms with Crippen molar-refractivity contribution in [3.8, 4) is 0 Å². The maximum Gasteiger partial charge on any atom is 0.155 e. The molecule has 15 heavy (non-hydrogen) atoms. The summed E-state index contributed by atoms with van der Waals surface area (Å²) < 4.78 is 0. The van der Waals surface area contributed by atoms with Crippen molar-refractivity contribution in [3.63, 3.8) is 0 Å². The fourth-order valence-electron chi connectivity index (χ4n) is 1.26. The van der Waals surface area contributed by atoms with Gasteiger partial charge >= 0.3 is 0 Å². The minimum absolute atomic E-state index is 0.164. The number of carbonyl (C=O) groups excluding carboxylic acids is 1. The van der Waals surface area contributed by atoms with Gasteiger partial charge in [-0.25, -0.2) is 0 Å². The molecular weight excluding hydrogens is 192 g/mol. The number of unbranched alkanes of at least 4 members (excludes halogenated alkanes) is 4. The summed E-state index contributed by atoms with van der Waals surface area (Å²) in [4.78, 5) is 11.2. The first-order valence-electron chi connectivity index (χ1n) is 5.72. The molecule has 0 atom stereocenters. The van der Waals surface area contributed by atoms with E-state index < -0.39 is 0 Å². The van der Waals surface area contributed by atoms with Crippen LogP contribution >= 0.6 is 0 Å². The van der Waals surface area contributed by atoms with Crippen molar-refractivity contribution in [1.82, 2.24) is 0 Å². The second-order valence-corrected chi connectivity index (χ2v) is 3.62. The Hall–Kier alpha value is -0.670. The standard InChI is InChI=1S/C12H22O3/c13-10-6-2-1-4-8-12(15)9-5-3-7-11-14/h4,8,13-14H,1-3,5-7,9-11H2/b8-4+. The average Bonchev–Trinajstić information content (AvgIpc) is 2.24. The Morgan fingerprint density at radius 1 is 0.933 bits per heavy atom. The van der Waals surface area contributed by atoms with E-state index in [1.807, 2.05) is 6.08 Å². The van der Waals surface area contributed by atoms with Gasteiger partial charge in [0.15, 0.2) is 5.78 Å². The van der Waals surface area contributed by atoms with E-state index in [1.54, 1.807) is 6.08 Å². The Bertz CT molecular complexity index is 176. The van der Waals surface area contributed by atoms with Crippen molar-refractivity contribution in [3.05, 3.63) is 12.2 Å². The number of allylic oxidation sites excluding steroid dienone is 2.